The third kappa shape index (κ3) is 5.60. The molecule has 4 aliphatic rings. The van der Waals surface area contributed by atoms with Crippen LogP contribution in [-0.4, -0.2) is 121 Å². The van der Waals surface area contributed by atoms with Crippen molar-refractivity contribution >= 4 is 84.0 Å². The lowest BCUT2D eigenvalue weighted by atomic mass is 9.95. The molecule has 3 spiro atoms. The predicted octanol–water partition coefficient (Wildman–Crippen LogP) is 1.25. The monoisotopic (exact) mass is 666 g/mol. The van der Waals surface area contributed by atoms with Gasteiger partial charge in [-0.15, -0.1) is 11.0 Å². The Morgan fingerprint density at radius 3 is 1.64 bits per heavy atom. The number of carbonyl (C=O) groups excluding carboxylic acids is 6. The third-order valence-corrected chi connectivity index (χ3v) is 9.82. The van der Waals surface area contributed by atoms with Gasteiger partial charge < -0.3 is 28.9 Å². The van der Waals surface area contributed by atoms with Crippen molar-refractivity contribution in [3.63, 3.8) is 0 Å². The van der Waals surface area contributed by atoms with Crippen LogP contribution in [0.25, 0.3) is 0 Å². The molecule has 0 aromatic heterocycles. The van der Waals surface area contributed by atoms with Crippen LogP contribution in [0, 0.1) is 0 Å². The molecule has 2 saturated heterocycles. The van der Waals surface area contributed by atoms with E-state index >= 15 is 0 Å². The molecule has 3 unspecified atom stereocenters. The summed E-state index contributed by atoms with van der Waals surface area (Å²) < 4.78 is 15.4. The number of hydroxylamine groups is 2. The predicted molar refractivity (Wildman–Crippen MR) is 150 cm³/mol. The van der Waals surface area contributed by atoms with E-state index in [1.54, 1.807) is 0 Å². The second-order valence-electron chi connectivity index (χ2n) is 8.91. The van der Waals surface area contributed by atoms with Crippen LogP contribution in [0.3, 0.4) is 0 Å². The highest BCUT2D eigenvalue weighted by Crippen LogP contribution is 2.50. The maximum absolute atomic E-state index is 14.1. The number of amides is 6. The van der Waals surface area contributed by atoms with Gasteiger partial charge in [0.25, 0.3) is 16.7 Å². The van der Waals surface area contributed by atoms with E-state index in [1.165, 1.54) is 65.5 Å². The molecule has 0 aliphatic carbocycles. The molecule has 2 fully saturated rings. The van der Waals surface area contributed by atoms with E-state index in [1.807, 2.05) is 0 Å². The first-order chi connectivity index (χ1) is 19.7. The maximum Gasteiger partial charge on any atom is 0.439 e. The first kappa shape index (κ1) is 31.7. The molecule has 0 aromatic carbocycles. The van der Waals surface area contributed by atoms with Crippen molar-refractivity contribution in [1.82, 2.24) is 38.0 Å². The SMILES string of the molecule is CN1C=CSC2(CC3(OC(=O)N(C)SN(C)C(=O)ON2)OC(=O)N(C)SN(C)C(=O)ONC32SC=CN(C)C2=O)C1=O. The molecule has 4 aliphatic heterocycles. The van der Waals surface area contributed by atoms with Crippen LogP contribution in [0.1, 0.15) is 6.42 Å². The number of thioether (sulfide) groups is 2. The Labute approximate surface area is 256 Å². The highest BCUT2D eigenvalue weighted by Gasteiger charge is 2.71. The molecular weight excluding hydrogens is 641 g/mol. The summed E-state index contributed by atoms with van der Waals surface area (Å²) >= 11 is 2.56. The highest BCUT2D eigenvalue weighted by molar-refractivity contribution is 8.04. The van der Waals surface area contributed by atoms with Gasteiger partial charge >= 0.3 is 30.2 Å². The quantitative estimate of drug-likeness (QED) is 0.278. The number of rotatable bonds is 0. The minimum Gasteiger partial charge on any atom is -0.401 e. The fraction of sp³-hybridized carbons (Fsp3) is 0.500. The molecule has 2 N–H and O–H groups in total. The number of hydrogen-bond acceptors (Lipinski definition) is 16. The van der Waals surface area contributed by atoms with Crippen molar-refractivity contribution in [1.29, 1.82) is 0 Å². The van der Waals surface area contributed by atoms with E-state index in [0.29, 0.717) is 36.0 Å². The molecule has 0 saturated carbocycles. The van der Waals surface area contributed by atoms with E-state index in [0.717, 1.165) is 38.8 Å². The number of carbonyl (C=O) groups is 6. The first-order valence-electron chi connectivity index (χ1n) is 11.6. The largest absolute Gasteiger partial charge is 0.439 e. The topological polar surface area (TPSA) is 183 Å². The van der Waals surface area contributed by atoms with Crippen molar-refractivity contribution in [2.75, 3.05) is 42.3 Å². The number of ether oxygens (including phenoxy) is 2. The molecule has 42 heavy (non-hydrogen) atoms. The van der Waals surface area contributed by atoms with Crippen molar-refractivity contribution in [3.05, 3.63) is 23.2 Å². The van der Waals surface area contributed by atoms with E-state index in [-0.39, 0.29) is 0 Å². The van der Waals surface area contributed by atoms with Crippen molar-refractivity contribution in [2.45, 2.75) is 21.9 Å². The molecule has 4 rings (SSSR count). The Hall–Kier alpha value is -3.18. The highest BCUT2D eigenvalue weighted by atomic mass is 32.2. The summed E-state index contributed by atoms with van der Waals surface area (Å²) in [5.41, 5.74) is 4.83. The molecule has 230 valence electrons. The van der Waals surface area contributed by atoms with Gasteiger partial charge in [0.15, 0.2) is 4.87 Å². The molecule has 3 atom stereocenters. The van der Waals surface area contributed by atoms with Gasteiger partial charge in [0, 0.05) is 54.7 Å². The van der Waals surface area contributed by atoms with Crippen molar-refractivity contribution in [2.24, 2.45) is 0 Å². The summed E-state index contributed by atoms with van der Waals surface area (Å²) in [6, 6.07) is 0. The second kappa shape index (κ2) is 11.8. The average molecular weight is 667 g/mol. The third-order valence-electron chi connectivity index (χ3n) is 6.00. The van der Waals surface area contributed by atoms with Gasteiger partial charge in [0.05, 0.1) is 30.7 Å². The standard InChI is InChI=1S/C20H26N8O10S4/c1-23-7-9-39-18(12(23)29)11-19(35-14(31)25(3)41-27(5)16(33)37-21-18)20(13(30)24(2)8-10-40-20)22-38-17(34)28(6)42-26(4)15(32)36-19/h7-10,21-22H,11H2,1-6H3. The minimum absolute atomic E-state index is 0.540. The van der Waals surface area contributed by atoms with Gasteiger partial charge in [-0.2, -0.15) is 0 Å². The van der Waals surface area contributed by atoms with Gasteiger partial charge in [0.2, 0.25) is 0 Å². The summed E-state index contributed by atoms with van der Waals surface area (Å²) in [7, 11) is 7.86. The van der Waals surface area contributed by atoms with Gasteiger partial charge in [-0.1, -0.05) is 23.5 Å². The summed E-state index contributed by atoms with van der Waals surface area (Å²) in [5, 5.41) is 2.88. The van der Waals surface area contributed by atoms with Gasteiger partial charge in [0.1, 0.15) is 0 Å². The smallest absolute Gasteiger partial charge is 0.401 e. The molecule has 22 heteroatoms. The summed E-state index contributed by atoms with van der Waals surface area (Å²) in [4.78, 5) is 88.9. The van der Waals surface area contributed by atoms with Gasteiger partial charge in [-0.25, -0.2) is 36.4 Å². The van der Waals surface area contributed by atoms with Crippen molar-refractivity contribution < 1.29 is 47.9 Å². The van der Waals surface area contributed by atoms with E-state index < -0.39 is 58.1 Å². The van der Waals surface area contributed by atoms with Gasteiger partial charge in [-0.3, -0.25) is 9.59 Å². The van der Waals surface area contributed by atoms with E-state index in [9.17, 15) is 28.8 Å². The zero-order chi connectivity index (χ0) is 31.0. The van der Waals surface area contributed by atoms with Crippen LogP contribution in [0.4, 0.5) is 19.2 Å². The Bertz CT molecular complexity index is 1260. The Balaban J connectivity index is 2.02. The summed E-state index contributed by atoms with van der Waals surface area (Å²) in [6.07, 6.45) is -2.47. The van der Waals surface area contributed by atoms with Crippen molar-refractivity contribution in [3.8, 4) is 0 Å². The molecule has 6 amide bonds. The Morgan fingerprint density at radius 2 is 1.10 bits per heavy atom. The van der Waals surface area contributed by atoms with E-state index in [4.69, 9.17) is 19.1 Å². The zero-order valence-electron chi connectivity index (χ0n) is 22.9. The van der Waals surface area contributed by atoms with E-state index in [2.05, 4.69) is 11.0 Å². The van der Waals surface area contributed by atoms with Crippen LogP contribution >= 0.6 is 47.8 Å². The molecule has 0 radical (unpaired) electrons. The summed E-state index contributed by atoms with van der Waals surface area (Å²) in [5.74, 6) is -4.42. The van der Waals surface area contributed by atoms with Crippen LogP contribution in [-0.2, 0) is 28.7 Å². The lowest BCUT2D eigenvalue weighted by Crippen LogP contribution is -2.75. The van der Waals surface area contributed by atoms with Crippen LogP contribution in [0.5, 0.6) is 0 Å². The Morgan fingerprint density at radius 1 is 0.643 bits per heavy atom. The van der Waals surface area contributed by atoms with Crippen LogP contribution in [0.15, 0.2) is 23.2 Å². The minimum atomic E-state index is -2.79. The lowest BCUT2D eigenvalue weighted by Gasteiger charge is -2.50. The summed E-state index contributed by atoms with van der Waals surface area (Å²) in [6.45, 7) is 0. The second-order valence-corrected chi connectivity index (χ2v) is 13.7. The average Bonchev–Trinajstić information content (AvgIpc) is 2.94. The fourth-order valence-electron chi connectivity index (χ4n) is 3.82. The molecule has 4 heterocycles. The zero-order valence-corrected chi connectivity index (χ0v) is 26.2. The number of hydrogen-bond donors (Lipinski definition) is 2. The molecule has 0 bridgehead atoms. The van der Waals surface area contributed by atoms with Gasteiger partial charge in [-0.05, 0) is 10.8 Å². The number of nitrogens with one attached hydrogen (secondary N) is 2. The number of fused-ring (bicyclic) bond motifs is 1. The fourth-order valence-corrected chi connectivity index (χ4v) is 7.17. The molecule has 0 aromatic rings. The number of nitrogens with zero attached hydrogens (tertiary/aromatic N) is 6. The molecular formula is C20H26N8O10S4. The number of likely N-dealkylation sites (N-methyl/N-ethyl adjacent to an activating group) is 2. The molecule has 18 nitrogen and oxygen atoms in total. The first-order valence-corrected chi connectivity index (χ1v) is 14.9. The maximum atomic E-state index is 14.1. The van der Waals surface area contributed by atoms with Crippen LogP contribution in [0.2, 0.25) is 0 Å². The normalized spacial score (nSPS) is 31.8. The van der Waals surface area contributed by atoms with Crippen LogP contribution < -0.4 is 11.0 Å². The Kier molecular flexibility index (Phi) is 8.95. The lowest BCUT2D eigenvalue weighted by molar-refractivity contribution is -0.226.